The number of nitrogens with one attached hydrogen (secondary N) is 2. The first-order valence-electron chi connectivity index (χ1n) is 9.11. The summed E-state index contributed by atoms with van der Waals surface area (Å²) in [6, 6.07) is 8.37. The zero-order valence-corrected chi connectivity index (χ0v) is 17.1. The van der Waals surface area contributed by atoms with Crippen LogP contribution in [0.1, 0.15) is 38.7 Å². The molecule has 3 atom stereocenters. The summed E-state index contributed by atoms with van der Waals surface area (Å²) in [4.78, 5) is 12.3. The van der Waals surface area contributed by atoms with E-state index in [4.69, 9.17) is 0 Å². The molecule has 0 bridgehead atoms. The van der Waals surface area contributed by atoms with Crippen LogP contribution in [-0.4, -0.2) is 27.9 Å². The van der Waals surface area contributed by atoms with Crippen LogP contribution in [0.15, 0.2) is 28.6 Å². The molecule has 0 aliphatic heterocycles. The maximum absolute atomic E-state index is 12.3. The maximum Gasteiger partial charge on any atom is 0.230 e. The highest BCUT2D eigenvalue weighted by atomic mass is 32.2. The number of nitrogens with zero attached hydrogens (tertiary/aromatic N) is 2. The summed E-state index contributed by atoms with van der Waals surface area (Å²) in [6.07, 6.45) is 3.56. The Hall–Kier alpha value is -1.60. The smallest absolute Gasteiger partial charge is 0.230 e. The molecule has 2 aromatic rings. The fourth-order valence-electron chi connectivity index (χ4n) is 3.31. The number of thioether (sulfide) groups is 1. The second-order valence-electron chi connectivity index (χ2n) is 7.04. The van der Waals surface area contributed by atoms with Gasteiger partial charge in [0.25, 0.3) is 0 Å². The molecule has 1 aliphatic carbocycles. The van der Waals surface area contributed by atoms with E-state index in [1.54, 1.807) is 0 Å². The molecule has 1 aliphatic rings. The van der Waals surface area contributed by atoms with Gasteiger partial charge in [-0.2, -0.15) is 0 Å². The van der Waals surface area contributed by atoms with Crippen LogP contribution in [0, 0.1) is 18.8 Å². The molecule has 0 unspecified atom stereocenters. The average molecular weight is 391 g/mol. The molecule has 2 N–H and O–H groups in total. The third kappa shape index (κ3) is 4.98. The van der Waals surface area contributed by atoms with Gasteiger partial charge >= 0.3 is 0 Å². The lowest BCUT2D eigenvalue weighted by atomic mass is 9.78. The molecule has 0 spiro atoms. The van der Waals surface area contributed by atoms with E-state index in [0.717, 1.165) is 27.1 Å². The lowest BCUT2D eigenvalue weighted by Crippen LogP contribution is -2.44. The van der Waals surface area contributed by atoms with Gasteiger partial charge in [-0.15, -0.1) is 10.2 Å². The highest BCUT2D eigenvalue weighted by Gasteiger charge is 2.28. The molecule has 1 amide bonds. The van der Waals surface area contributed by atoms with E-state index in [9.17, 15) is 4.79 Å². The first kappa shape index (κ1) is 19.2. The van der Waals surface area contributed by atoms with Crippen LogP contribution in [0.3, 0.4) is 0 Å². The van der Waals surface area contributed by atoms with Crippen molar-refractivity contribution in [3.05, 3.63) is 29.8 Å². The highest BCUT2D eigenvalue weighted by Crippen LogP contribution is 2.31. The minimum absolute atomic E-state index is 0.0876. The molecule has 7 heteroatoms. The Kier molecular flexibility index (Phi) is 6.53. The Morgan fingerprint density at radius 2 is 2.08 bits per heavy atom. The average Bonchev–Trinajstić information content (AvgIpc) is 3.07. The normalized spacial score (nSPS) is 22.8. The number of hydrogen-bond acceptors (Lipinski definition) is 6. The van der Waals surface area contributed by atoms with E-state index >= 15 is 0 Å². The Morgan fingerprint density at radius 3 is 2.88 bits per heavy atom. The molecular formula is C19H26N4OS2. The monoisotopic (exact) mass is 390 g/mol. The van der Waals surface area contributed by atoms with Gasteiger partial charge in [-0.05, 0) is 36.8 Å². The van der Waals surface area contributed by atoms with Crippen LogP contribution in [-0.2, 0) is 4.79 Å². The number of aryl methyl sites for hydroxylation is 1. The quantitative estimate of drug-likeness (QED) is 0.704. The lowest BCUT2D eigenvalue weighted by molar-refractivity contribution is -0.119. The van der Waals surface area contributed by atoms with Crippen LogP contribution in [0.25, 0.3) is 0 Å². The molecular weight excluding hydrogens is 364 g/mol. The summed E-state index contributed by atoms with van der Waals surface area (Å²) in [5.41, 5.74) is 2.19. The molecule has 3 rings (SSSR count). The molecule has 1 aromatic heterocycles. The minimum atomic E-state index is 0.0876. The van der Waals surface area contributed by atoms with Crippen molar-refractivity contribution in [3.63, 3.8) is 0 Å². The number of aromatic nitrogens is 2. The number of benzene rings is 1. The van der Waals surface area contributed by atoms with Crippen molar-refractivity contribution >= 4 is 39.8 Å². The van der Waals surface area contributed by atoms with Gasteiger partial charge in [0.15, 0.2) is 4.34 Å². The van der Waals surface area contributed by atoms with Gasteiger partial charge < -0.3 is 10.6 Å². The van der Waals surface area contributed by atoms with E-state index in [1.807, 2.05) is 18.2 Å². The van der Waals surface area contributed by atoms with Crippen molar-refractivity contribution in [2.75, 3.05) is 11.1 Å². The zero-order chi connectivity index (χ0) is 18.5. The summed E-state index contributed by atoms with van der Waals surface area (Å²) in [7, 11) is 0. The van der Waals surface area contributed by atoms with E-state index in [-0.39, 0.29) is 5.91 Å². The number of amides is 1. The molecule has 140 valence electrons. The van der Waals surface area contributed by atoms with Gasteiger partial charge in [-0.25, -0.2) is 0 Å². The second kappa shape index (κ2) is 8.86. The van der Waals surface area contributed by atoms with E-state index < -0.39 is 0 Å². The molecule has 1 saturated carbocycles. The Labute approximate surface area is 163 Å². The minimum Gasteiger partial charge on any atom is -0.352 e. The topological polar surface area (TPSA) is 66.9 Å². The maximum atomic E-state index is 12.3. The van der Waals surface area contributed by atoms with Crippen molar-refractivity contribution in [1.29, 1.82) is 0 Å². The predicted molar refractivity (Wildman–Crippen MR) is 109 cm³/mol. The van der Waals surface area contributed by atoms with E-state index in [2.05, 4.69) is 47.7 Å². The zero-order valence-electron chi connectivity index (χ0n) is 15.5. The van der Waals surface area contributed by atoms with Crippen molar-refractivity contribution in [1.82, 2.24) is 15.5 Å². The summed E-state index contributed by atoms with van der Waals surface area (Å²) < 4.78 is 0.807. The van der Waals surface area contributed by atoms with Gasteiger partial charge in [-0.3, -0.25) is 4.79 Å². The van der Waals surface area contributed by atoms with Gasteiger partial charge in [0.05, 0.1) is 5.75 Å². The van der Waals surface area contributed by atoms with Crippen LogP contribution in [0.4, 0.5) is 10.8 Å². The fraction of sp³-hybridized carbons (Fsp3) is 0.526. The molecule has 1 fully saturated rings. The molecule has 5 nitrogen and oxygen atoms in total. The summed E-state index contributed by atoms with van der Waals surface area (Å²) in [6.45, 7) is 6.58. The van der Waals surface area contributed by atoms with Crippen molar-refractivity contribution < 1.29 is 4.79 Å². The molecule has 0 radical (unpaired) electrons. The summed E-state index contributed by atoms with van der Waals surface area (Å²) in [5.74, 6) is 1.70. The van der Waals surface area contributed by atoms with Crippen LogP contribution >= 0.6 is 23.1 Å². The Bertz CT molecular complexity index is 749. The largest absolute Gasteiger partial charge is 0.352 e. The standard InChI is InChI=1S/C19H26N4OS2/c1-12-8-6-10-16(14(12)3)20-17(24)11-25-19-23-22-18(26-19)21-15-9-5-4-7-13(15)2/h4-5,7,9,12,14,16H,6,8,10-11H2,1-3H3,(H,20,24)(H,21,22)/t12-,14-,16+/m1/s1. The number of carbonyl (C=O) groups is 1. The number of anilines is 2. The van der Waals surface area contributed by atoms with Gasteiger partial charge in [0.2, 0.25) is 11.0 Å². The third-order valence-corrected chi connectivity index (χ3v) is 7.15. The van der Waals surface area contributed by atoms with Gasteiger partial charge in [-0.1, -0.05) is 68.0 Å². The molecule has 0 saturated heterocycles. The number of para-hydroxylation sites is 1. The number of hydrogen-bond donors (Lipinski definition) is 2. The van der Waals surface area contributed by atoms with Gasteiger partial charge in [0.1, 0.15) is 0 Å². The van der Waals surface area contributed by atoms with E-state index in [0.29, 0.717) is 23.6 Å². The van der Waals surface area contributed by atoms with Crippen molar-refractivity contribution in [2.45, 2.75) is 50.4 Å². The van der Waals surface area contributed by atoms with Crippen molar-refractivity contribution in [3.8, 4) is 0 Å². The number of rotatable bonds is 6. The van der Waals surface area contributed by atoms with E-state index in [1.165, 1.54) is 35.9 Å². The highest BCUT2D eigenvalue weighted by molar-refractivity contribution is 8.01. The Balaban J connectivity index is 1.48. The predicted octanol–water partition coefficient (Wildman–Crippen LogP) is 4.62. The van der Waals surface area contributed by atoms with Crippen LogP contribution in [0.2, 0.25) is 0 Å². The Morgan fingerprint density at radius 1 is 1.27 bits per heavy atom. The molecule has 26 heavy (non-hydrogen) atoms. The summed E-state index contributed by atoms with van der Waals surface area (Å²) in [5, 5.41) is 15.6. The fourth-order valence-corrected chi connectivity index (χ4v) is 4.88. The van der Waals surface area contributed by atoms with Crippen LogP contribution < -0.4 is 10.6 Å². The first-order chi connectivity index (χ1) is 12.5. The number of carbonyl (C=O) groups excluding carboxylic acids is 1. The van der Waals surface area contributed by atoms with Crippen LogP contribution in [0.5, 0.6) is 0 Å². The van der Waals surface area contributed by atoms with Gasteiger partial charge in [0, 0.05) is 11.7 Å². The second-order valence-corrected chi connectivity index (χ2v) is 9.24. The van der Waals surface area contributed by atoms with Crippen molar-refractivity contribution in [2.24, 2.45) is 11.8 Å². The molecule has 1 heterocycles. The lowest BCUT2D eigenvalue weighted by Gasteiger charge is -2.34. The first-order valence-corrected chi connectivity index (χ1v) is 10.9. The third-order valence-electron chi connectivity index (χ3n) is 5.17. The SMILES string of the molecule is Cc1ccccc1Nc1nnc(SCC(=O)N[C@H]2CCC[C@@H](C)[C@H]2C)s1. The summed E-state index contributed by atoms with van der Waals surface area (Å²) >= 11 is 2.92. The molecule has 1 aromatic carbocycles.